The zero-order valence-corrected chi connectivity index (χ0v) is 14.2. The third-order valence-corrected chi connectivity index (χ3v) is 3.94. The average molecular weight is 311 g/mol. The number of hydrogen-bond donors (Lipinski definition) is 0. The standard InChI is InChI=1S/C18H33NO3/c1-2-3-4-5-6-7-8-9-10-11-12-13-14-15-16-18(17-20)19(21)22/h9-10,17-18H,2-8,11-16H2,1H3/b10-9+. The second-order valence-corrected chi connectivity index (χ2v) is 6.01. The highest BCUT2D eigenvalue weighted by molar-refractivity contribution is 5.55. The van der Waals surface area contributed by atoms with E-state index in [1.54, 1.807) is 0 Å². The Kier molecular flexibility index (Phi) is 15.3. The van der Waals surface area contributed by atoms with Crippen LogP contribution in [0.1, 0.15) is 90.4 Å². The molecule has 0 saturated heterocycles. The van der Waals surface area contributed by atoms with Crippen LogP contribution in [0.15, 0.2) is 12.2 Å². The minimum Gasteiger partial charge on any atom is -0.296 e. The quantitative estimate of drug-likeness (QED) is 0.125. The van der Waals surface area contributed by atoms with Gasteiger partial charge in [0.2, 0.25) is 0 Å². The molecule has 0 N–H and O–H groups in total. The number of hydrogen-bond acceptors (Lipinski definition) is 3. The van der Waals surface area contributed by atoms with Crippen LogP contribution in [-0.4, -0.2) is 17.3 Å². The molecule has 0 aromatic carbocycles. The highest BCUT2D eigenvalue weighted by Gasteiger charge is 2.17. The third-order valence-electron chi connectivity index (χ3n) is 3.94. The minimum atomic E-state index is -1.00. The number of nitrogens with zero attached hydrogens (tertiary/aromatic N) is 1. The van der Waals surface area contributed by atoms with Crippen molar-refractivity contribution in [2.45, 2.75) is 96.4 Å². The lowest BCUT2D eigenvalue weighted by atomic mass is 10.1. The van der Waals surface area contributed by atoms with Crippen LogP contribution in [0.25, 0.3) is 0 Å². The highest BCUT2D eigenvalue weighted by Crippen LogP contribution is 2.10. The SMILES string of the molecule is CCCCCCCC/C=C/CCCCCCC(C=O)[N+](=O)[O-]. The maximum Gasteiger partial charge on any atom is 0.267 e. The van der Waals surface area contributed by atoms with Gasteiger partial charge in [0.15, 0.2) is 6.29 Å². The lowest BCUT2D eigenvalue weighted by Crippen LogP contribution is -2.20. The summed E-state index contributed by atoms with van der Waals surface area (Å²) < 4.78 is 0. The van der Waals surface area contributed by atoms with Crippen molar-refractivity contribution in [3.8, 4) is 0 Å². The third kappa shape index (κ3) is 13.8. The number of allylic oxidation sites excluding steroid dienone is 2. The fraction of sp³-hybridized carbons (Fsp3) is 0.833. The van der Waals surface area contributed by atoms with Crippen LogP contribution < -0.4 is 0 Å². The van der Waals surface area contributed by atoms with Gasteiger partial charge in [-0.3, -0.25) is 14.9 Å². The van der Waals surface area contributed by atoms with E-state index in [4.69, 9.17) is 0 Å². The molecule has 22 heavy (non-hydrogen) atoms. The van der Waals surface area contributed by atoms with Gasteiger partial charge in [0, 0.05) is 11.3 Å². The molecular formula is C18H33NO3. The number of carbonyl (C=O) groups excluding carboxylic acids is 1. The summed E-state index contributed by atoms with van der Waals surface area (Å²) in [5.74, 6) is 0. The highest BCUT2D eigenvalue weighted by atomic mass is 16.6. The van der Waals surface area contributed by atoms with Crippen LogP contribution in [-0.2, 0) is 4.79 Å². The molecule has 0 aliphatic heterocycles. The van der Waals surface area contributed by atoms with Gasteiger partial charge < -0.3 is 0 Å². The molecule has 4 heteroatoms. The van der Waals surface area contributed by atoms with Crippen molar-refractivity contribution in [1.82, 2.24) is 0 Å². The second-order valence-electron chi connectivity index (χ2n) is 6.01. The molecule has 0 amide bonds. The van der Waals surface area contributed by atoms with Crippen molar-refractivity contribution in [2.75, 3.05) is 0 Å². The fourth-order valence-corrected chi connectivity index (χ4v) is 2.47. The van der Waals surface area contributed by atoms with E-state index in [1.807, 2.05) is 0 Å². The zero-order chi connectivity index (χ0) is 16.5. The van der Waals surface area contributed by atoms with Crippen molar-refractivity contribution in [3.63, 3.8) is 0 Å². The van der Waals surface area contributed by atoms with Gasteiger partial charge >= 0.3 is 0 Å². The predicted molar refractivity (Wildman–Crippen MR) is 91.7 cm³/mol. The van der Waals surface area contributed by atoms with Crippen molar-refractivity contribution in [2.24, 2.45) is 0 Å². The Morgan fingerprint density at radius 1 is 0.864 bits per heavy atom. The summed E-state index contributed by atoms with van der Waals surface area (Å²) in [7, 11) is 0. The number of aldehydes is 1. The van der Waals surface area contributed by atoms with Crippen LogP contribution >= 0.6 is 0 Å². The minimum absolute atomic E-state index is 0.379. The summed E-state index contributed by atoms with van der Waals surface area (Å²) in [4.78, 5) is 20.4. The molecule has 0 bridgehead atoms. The van der Waals surface area contributed by atoms with Crippen LogP contribution in [0.5, 0.6) is 0 Å². The van der Waals surface area contributed by atoms with E-state index in [0.29, 0.717) is 12.7 Å². The number of nitro groups is 1. The molecule has 128 valence electrons. The van der Waals surface area contributed by atoms with Crippen LogP contribution in [0.4, 0.5) is 0 Å². The number of carbonyl (C=O) groups is 1. The van der Waals surface area contributed by atoms with Crippen molar-refractivity contribution >= 4 is 6.29 Å². The molecular weight excluding hydrogens is 278 g/mol. The largest absolute Gasteiger partial charge is 0.296 e. The second kappa shape index (κ2) is 16.2. The number of rotatable bonds is 16. The van der Waals surface area contributed by atoms with Crippen LogP contribution in [0, 0.1) is 10.1 Å². The van der Waals surface area contributed by atoms with E-state index in [-0.39, 0.29) is 0 Å². The van der Waals surface area contributed by atoms with E-state index in [9.17, 15) is 14.9 Å². The van der Waals surface area contributed by atoms with E-state index >= 15 is 0 Å². The van der Waals surface area contributed by atoms with Crippen LogP contribution in [0.2, 0.25) is 0 Å². The fourth-order valence-electron chi connectivity index (χ4n) is 2.47. The Morgan fingerprint density at radius 3 is 1.86 bits per heavy atom. The molecule has 4 nitrogen and oxygen atoms in total. The first-order valence-electron chi connectivity index (χ1n) is 8.96. The molecule has 0 rings (SSSR count). The smallest absolute Gasteiger partial charge is 0.267 e. The normalized spacial score (nSPS) is 12.6. The molecule has 0 saturated carbocycles. The monoisotopic (exact) mass is 311 g/mol. The lowest BCUT2D eigenvalue weighted by Gasteiger charge is -2.02. The first-order chi connectivity index (χ1) is 10.7. The van der Waals surface area contributed by atoms with Gasteiger partial charge in [-0.25, -0.2) is 0 Å². The molecule has 0 radical (unpaired) electrons. The molecule has 0 aliphatic carbocycles. The summed E-state index contributed by atoms with van der Waals surface area (Å²) in [6, 6.07) is -1.00. The lowest BCUT2D eigenvalue weighted by molar-refractivity contribution is -0.506. The van der Waals surface area contributed by atoms with Crippen LogP contribution in [0.3, 0.4) is 0 Å². The zero-order valence-electron chi connectivity index (χ0n) is 14.2. The summed E-state index contributed by atoms with van der Waals surface area (Å²) in [6.07, 6.45) is 19.7. The van der Waals surface area contributed by atoms with Gasteiger partial charge in [0.1, 0.15) is 0 Å². The van der Waals surface area contributed by atoms with Gasteiger partial charge in [0.25, 0.3) is 6.04 Å². The molecule has 0 heterocycles. The predicted octanol–water partition coefficient (Wildman–Crippen LogP) is 5.48. The molecule has 0 spiro atoms. The molecule has 0 aromatic rings. The molecule has 0 aliphatic rings. The Bertz CT molecular complexity index is 303. The topological polar surface area (TPSA) is 60.2 Å². The van der Waals surface area contributed by atoms with Gasteiger partial charge in [-0.05, 0) is 32.1 Å². The maximum atomic E-state index is 10.5. The Balaban J connectivity index is 3.27. The molecule has 1 unspecified atom stereocenters. The Hall–Kier alpha value is -1.19. The van der Waals surface area contributed by atoms with Crippen molar-refractivity contribution in [3.05, 3.63) is 22.3 Å². The molecule has 0 fully saturated rings. The van der Waals surface area contributed by atoms with Gasteiger partial charge in [-0.2, -0.15) is 0 Å². The van der Waals surface area contributed by atoms with E-state index in [1.165, 1.54) is 44.9 Å². The summed E-state index contributed by atoms with van der Waals surface area (Å²) in [5.41, 5.74) is 0. The maximum absolute atomic E-state index is 10.5. The summed E-state index contributed by atoms with van der Waals surface area (Å²) in [6.45, 7) is 2.24. The van der Waals surface area contributed by atoms with E-state index in [0.717, 1.165) is 32.1 Å². The Morgan fingerprint density at radius 2 is 1.36 bits per heavy atom. The summed E-state index contributed by atoms with van der Waals surface area (Å²) in [5, 5.41) is 10.5. The Labute approximate surface area is 135 Å². The van der Waals surface area contributed by atoms with Gasteiger partial charge in [0.05, 0.1) is 0 Å². The molecule has 0 aromatic heterocycles. The first kappa shape index (κ1) is 20.8. The average Bonchev–Trinajstić information content (AvgIpc) is 2.51. The van der Waals surface area contributed by atoms with Gasteiger partial charge in [-0.15, -0.1) is 0 Å². The van der Waals surface area contributed by atoms with E-state index < -0.39 is 11.0 Å². The van der Waals surface area contributed by atoms with Crippen molar-refractivity contribution < 1.29 is 9.72 Å². The number of unbranched alkanes of at least 4 members (excludes halogenated alkanes) is 10. The molecule has 1 atom stereocenters. The van der Waals surface area contributed by atoms with Gasteiger partial charge in [-0.1, -0.05) is 64.0 Å². The first-order valence-corrected chi connectivity index (χ1v) is 8.96. The summed E-state index contributed by atoms with van der Waals surface area (Å²) >= 11 is 0. The van der Waals surface area contributed by atoms with E-state index in [2.05, 4.69) is 19.1 Å². The van der Waals surface area contributed by atoms with Crippen molar-refractivity contribution in [1.29, 1.82) is 0 Å².